The van der Waals surface area contributed by atoms with Crippen molar-refractivity contribution in [1.29, 1.82) is 0 Å². The standard InChI is InChI=1S/C16H16Cl2N2O4/c1-9(16(22)23)7-19-14(21)4-5-15-20-8-13(24-15)11-3-2-10(17)6-12(11)18/h2-3,6,8-9H,4-5,7H2,1H3,(H,19,21)(H,22,23). The van der Waals surface area contributed by atoms with Gasteiger partial charge >= 0.3 is 5.97 Å². The van der Waals surface area contributed by atoms with Crippen LogP contribution in [0.2, 0.25) is 10.0 Å². The van der Waals surface area contributed by atoms with Gasteiger partial charge in [-0.1, -0.05) is 30.1 Å². The lowest BCUT2D eigenvalue weighted by atomic mass is 10.2. The maximum Gasteiger partial charge on any atom is 0.308 e. The second-order valence-corrected chi connectivity index (χ2v) is 6.13. The van der Waals surface area contributed by atoms with E-state index in [9.17, 15) is 9.59 Å². The molecule has 0 aliphatic carbocycles. The van der Waals surface area contributed by atoms with Gasteiger partial charge < -0.3 is 14.8 Å². The molecule has 0 aliphatic heterocycles. The summed E-state index contributed by atoms with van der Waals surface area (Å²) >= 11 is 12.0. The van der Waals surface area contributed by atoms with Gasteiger partial charge in [-0.15, -0.1) is 0 Å². The average molecular weight is 371 g/mol. The molecule has 1 aromatic heterocycles. The molecular weight excluding hydrogens is 355 g/mol. The van der Waals surface area contributed by atoms with E-state index in [1.54, 1.807) is 18.2 Å². The number of aliphatic carboxylic acids is 1. The summed E-state index contributed by atoms with van der Waals surface area (Å²) in [5, 5.41) is 12.3. The van der Waals surface area contributed by atoms with Gasteiger partial charge in [0.15, 0.2) is 11.7 Å². The van der Waals surface area contributed by atoms with Crippen LogP contribution in [0.4, 0.5) is 0 Å². The molecule has 2 N–H and O–H groups in total. The highest BCUT2D eigenvalue weighted by molar-refractivity contribution is 6.36. The number of hydrogen-bond acceptors (Lipinski definition) is 4. The molecule has 1 unspecified atom stereocenters. The van der Waals surface area contributed by atoms with Crippen molar-refractivity contribution in [2.45, 2.75) is 19.8 Å². The monoisotopic (exact) mass is 370 g/mol. The van der Waals surface area contributed by atoms with Gasteiger partial charge in [0.25, 0.3) is 0 Å². The minimum atomic E-state index is -0.951. The van der Waals surface area contributed by atoms with Crippen molar-refractivity contribution in [3.05, 3.63) is 40.3 Å². The van der Waals surface area contributed by atoms with E-state index in [2.05, 4.69) is 10.3 Å². The number of carboxylic acids is 1. The van der Waals surface area contributed by atoms with Crippen LogP contribution in [0.25, 0.3) is 11.3 Å². The zero-order valence-electron chi connectivity index (χ0n) is 12.9. The van der Waals surface area contributed by atoms with Crippen LogP contribution in [0, 0.1) is 5.92 Å². The molecule has 2 aromatic rings. The summed E-state index contributed by atoms with van der Waals surface area (Å²) in [5.41, 5.74) is 0.666. The fourth-order valence-electron chi connectivity index (χ4n) is 1.90. The highest BCUT2D eigenvalue weighted by Crippen LogP contribution is 2.30. The quantitative estimate of drug-likeness (QED) is 0.778. The van der Waals surface area contributed by atoms with Crippen molar-refractivity contribution in [3.8, 4) is 11.3 Å². The van der Waals surface area contributed by atoms with Crippen molar-refractivity contribution in [2.24, 2.45) is 5.92 Å². The maximum absolute atomic E-state index is 11.7. The molecule has 0 bridgehead atoms. The number of carboxylic acid groups (broad SMARTS) is 1. The van der Waals surface area contributed by atoms with Gasteiger partial charge in [0.05, 0.1) is 17.1 Å². The molecule has 128 valence electrons. The number of aromatic nitrogens is 1. The minimum Gasteiger partial charge on any atom is -0.481 e. The molecule has 0 radical (unpaired) electrons. The zero-order chi connectivity index (χ0) is 17.7. The Balaban J connectivity index is 1.90. The smallest absolute Gasteiger partial charge is 0.308 e. The molecule has 1 amide bonds. The lowest BCUT2D eigenvalue weighted by molar-refractivity contribution is -0.141. The molecule has 0 spiro atoms. The third kappa shape index (κ3) is 4.97. The van der Waals surface area contributed by atoms with Crippen LogP contribution in [-0.4, -0.2) is 28.5 Å². The number of carbonyl (C=O) groups excluding carboxylic acids is 1. The van der Waals surface area contributed by atoms with E-state index in [4.69, 9.17) is 32.7 Å². The first-order chi connectivity index (χ1) is 11.4. The van der Waals surface area contributed by atoms with E-state index in [1.165, 1.54) is 13.1 Å². The van der Waals surface area contributed by atoms with Gasteiger partial charge in [0, 0.05) is 30.0 Å². The summed E-state index contributed by atoms with van der Waals surface area (Å²) in [6, 6.07) is 5.04. The van der Waals surface area contributed by atoms with Crippen molar-refractivity contribution in [3.63, 3.8) is 0 Å². The number of benzene rings is 1. The third-order valence-corrected chi connectivity index (χ3v) is 3.89. The number of halogens is 2. The van der Waals surface area contributed by atoms with E-state index in [0.717, 1.165) is 0 Å². The van der Waals surface area contributed by atoms with E-state index in [1.807, 2.05) is 0 Å². The van der Waals surface area contributed by atoms with Crippen molar-refractivity contribution < 1.29 is 19.1 Å². The van der Waals surface area contributed by atoms with Gasteiger partial charge in [-0.05, 0) is 18.2 Å². The lowest BCUT2D eigenvalue weighted by Crippen LogP contribution is -2.31. The summed E-state index contributed by atoms with van der Waals surface area (Å²) in [4.78, 5) is 26.5. The van der Waals surface area contributed by atoms with Crippen LogP contribution < -0.4 is 5.32 Å². The fourth-order valence-corrected chi connectivity index (χ4v) is 2.40. The summed E-state index contributed by atoms with van der Waals surface area (Å²) in [5.74, 6) is -0.946. The Morgan fingerprint density at radius 1 is 1.38 bits per heavy atom. The Labute approximate surface area is 148 Å². The lowest BCUT2D eigenvalue weighted by Gasteiger charge is -2.07. The molecule has 1 heterocycles. The van der Waals surface area contributed by atoms with Crippen molar-refractivity contribution in [2.75, 3.05) is 6.54 Å². The fraction of sp³-hybridized carbons (Fsp3) is 0.312. The summed E-state index contributed by atoms with van der Waals surface area (Å²) < 4.78 is 5.59. The van der Waals surface area contributed by atoms with Crippen LogP contribution in [0.15, 0.2) is 28.8 Å². The highest BCUT2D eigenvalue weighted by Gasteiger charge is 2.14. The van der Waals surface area contributed by atoms with Crippen LogP contribution in [-0.2, 0) is 16.0 Å². The van der Waals surface area contributed by atoms with Crippen molar-refractivity contribution in [1.82, 2.24) is 10.3 Å². The first kappa shape index (κ1) is 18.3. The summed E-state index contributed by atoms with van der Waals surface area (Å²) in [6.45, 7) is 1.62. The molecule has 8 heteroatoms. The molecule has 0 aliphatic rings. The molecule has 0 saturated heterocycles. The van der Waals surface area contributed by atoms with E-state index in [0.29, 0.717) is 33.7 Å². The SMILES string of the molecule is CC(CNC(=O)CCc1ncc(-c2ccc(Cl)cc2Cl)o1)C(=O)O. The van der Waals surface area contributed by atoms with Gasteiger partial charge in [-0.2, -0.15) is 0 Å². The topological polar surface area (TPSA) is 92.4 Å². The Bertz CT molecular complexity index is 745. The molecule has 1 atom stereocenters. The van der Waals surface area contributed by atoms with Crippen LogP contribution in [0.1, 0.15) is 19.2 Å². The molecule has 2 rings (SSSR count). The predicted molar refractivity (Wildman–Crippen MR) is 90.1 cm³/mol. The normalized spacial score (nSPS) is 12.0. The minimum absolute atomic E-state index is 0.0887. The molecule has 0 fully saturated rings. The highest BCUT2D eigenvalue weighted by atomic mass is 35.5. The number of carbonyl (C=O) groups is 2. The molecule has 1 aromatic carbocycles. The Hall–Kier alpha value is -2.05. The number of oxazole rings is 1. The Morgan fingerprint density at radius 3 is 2.79 bits per heavy atom. The summed E-state index contributed by atoms with van der Waals surface area (Å²) in [6.07, 6.45) is 1.99. The number of hydrogen-bond donors (Lipinski definition) is 2. The number of rotatable bonds is 7. The molecule has 24 heavy (non-hydrogen) atoms. The van der Waals surface area contributed by atoms with Gasteiger partial charge in [-0.3, -0.25) is 9.59 Å². The molecular formula is C16H16Cl2N2O4. The van der Waals surface area contributed by atoms with E-state index in [-0.39, 0.29) is 18.9 Å². The number of nitrogens with one attached hydrogen (secondary N) is 1. The second kappa shape index (κ2) is 8.17. The van der Waals surface area contributed by atoms with E-state index < -0.39 is 11.9 Å². The Morgan fingerprint density at radius 2 is 2.12 bits per heavy atom. The van der Waals surface area contributed by atoms with Crippen LogP contribution >= 0.6 is 23.2 Å². The molecule has 6 nitrogen and oxygen atoms in total. The maximum atomic E-state index is 11.7. The number of aryl methyl sites for hydroxylation is 1. The number of nitrogens with zero attached hydrogens (tertiary/aromatic N) is 1. The second-order valence-electron chi connectivity index (χ2n) is 5.29. The zero-order valence-corrected chi connectivity index (χ0v) is 14.4. The van der Waals surface area contributed by atoms with Gasteiger partial charge in [-0.25, -0.2) is 4.98 Å². The summed E-state index contributed by atoms with van der Waals surface area (Å²) in [7, 11) is 0. The van der Waals surface area contributed by atoms with Crippen molar-refractivity contribution >= 4 is 35.1 Å². The molecule has 0 saturated carbocycles. The van der Waals surface area contributed by atoms with Crippen LogP contribution in [0.3, 0.4) is 0 Å². The first-order valence-corrected chi connectivity index (χ1v) is 8.02. The largest absolute Gasteiger partial charge is 0.481 e. The van der Waals surface area contributed by atoms with E-state index >= 15 is 0 Å². The predicted octanol–water partition coefficient (Wildman–Crippen LogP) is 3.42. The first-order valence-electron chi connectivity index (χ1n) is 7.26. The Kier molecular flexibility index (Phi) is 6.23. The van der Waals surface area contributed by atoms with Gasteiger partial charge in [0.1, 0.15) is 0 Å². The average Bonchev–Trinajstić information content (AvgIpc) is 2.99. The third-order valence-electron chi connectivity index (χ3n) is 3.34. The van der Waals surface area contributed by atoms with Crippen LogP contribution in [0.5, 0.6) is 0 Å². The van der Waals surface area contributed by atoms with Gasteiger partial charge in [0.2, 0.25) is 5.91 Å². The number of amides is 1.